The van der Waals surface area contributed by atoms with E-state index >= 15 is 0 Å². The molecule has 0 heterocycles. The third kappa shape index (κ3) is 2.76. The van der Waals surface area contributed by atoms with Gasteiger partial charge in [0.05, 0.1) is 0 Å². The Morgan fingerprint density at radius 1 is 1.04 bits per heavy atom. The first-order chi connectivity index (χ1) is 12.7. The van der Waals surface area contributed by atoms with Crippen LogP contribution in [0.25, 0.3) is 0 Å². The van der Waals surface area contributed by atoms with Gasteiger partial charge < -0.3 is 4.74 Å². The van der Waals surface area contributed by atoms with Crippen LogP contribution in [0.15, 0.2) is 22.8 Å². The molecule has 0 aromatic heterocycles. The van der Waals surface area contributed by atoms with Gasteiger partial charge in [-0.1, -0.05) is 31.1 Å². The summed E-state index contributed by atoms with van der Waals surface area (Å²) < 4.78 is 5.54. The Balaban J connectivity index is 1.62. The lowest BCUT2D eigenvalue weighted by Gasteiger charge is -2.57. The molecule has 4 rings (SSSR count). The molecule has 2 saturated carbocycles. The highest BCUT2D eigenvalue weighted by Crippen LogP contribution is 2.66. The largest absolute Gasteiger partial charge is 0.462 e. The van der Waals surface area contributed by atoms with Gasteiger partial charge in [0, 0.05) is 13.3 Å². The Morgan fingerprint density at radius 2 is 1.74 bits per heavy atom. The Morgan fingerprint density at radius 3 is 2.41 bits per heavy atom. The van der Waals surface area contributed by atoms with Gasteiger partial charge in [0.1, 0.15) is 6.10 Å². The van der Waals surface area contributed by atoms with Gasteiger partial charge in [-0.15, -0.1) is 0 Å². The summed E-state index contributed by atoms with van der Waals surface area (Å²) in [5.41, 5.74) is 4.33. The quantitative estimate of drug-likeness (QED) is 0.483. The fourth-order valence-corrected chi connectivity index (χ4v) is 7.59. The molecule has 4 unspecified atom stereocenters. The maximum atomic E-state index is 12.4. The lowest BCUT2D eigenvalue weighted by atomic mass is 9.47. The fourth-order valence-electron chi connectivity index (χ4n) is 7.59. The molecule has 0 radical (unpaired) electrons. The first kappa shape index (κ1) is 19.0. The van der Waals surface area contributed by atoms with E-state index in [-0.39, 0.29) is 28.7 Å². The number of carbonyl (C=O) groups excluding carboxylic acids is 2. The Labute approximate surface area is 163 Å². The second-order valence-electron chi connectivity index (χ2n) is 10.1. The molecule has 6 atom stereocenters. The minimum atomic E-state index is -0.157. The second-order valence-corrected chi connectivity index (χ2v) is 10.1. The number of Topliss-reactive ketones (excluding diaryl/α,β-unsaturated/α-hetero) is 1. The Hall–Kier alpha value is -1.38. The van der Waals surface area contributed by atoms with Gasteiger partial charge >= 0.3 is 5.97 Å². The highest BCUT2D eigenvalue weighted by molar-refractivity contribution is 5.96. The molecule has 27 heavy (non-hydrogen) atoms. The minimum absolute atomic E-state index is 0.0620. The standard InChI is InChI=1S/C24H34O3/c1-14-12-21-19-7-6-17-13-18(27-16(3)26)8-10-23(17,4)20(19)9-11-24(21,5)22(14)15(2)25/h6,18-21H,7-13H2,1-5H3/t18-,19?,20?,21?,23-,24?/m0/s1. The third-order valence-corrected chi connectivity index (χ3v) is 8.66. The number of fused-ring (bicyclic) bond motifs is 5. The van der Waals surface area contributed by atoms with Crippen molar-refractivity contribution in [2.45, 2.75) is 85.7 Å². The molecular formula is C24H34O3. The summed E-state index contributed by atoms with van der Waals surface area (Å²) in [4.78, 5) is 23.8. The molecule has 0 aromatic rings. The highest BCUT2D eigenvalue weighted by atomic mass is 16.5. The van der Waals surface area contributed by atoms with Crippen LogP contribution in [0.3, 0.4) is 0 Å². The van der Waals surface area contributed by atoms with Crippen molar-refractivity contribution < 1.29 is 14.3 Å². The summed E-state index contributed by atoms with van der Waals surface area (Å²) >= 11 is 0. The maximum Gasteiger partial charge on any atom is 0.302 e. The van der Waals surface area contributed by atoms with Gasteiger partial charge in [0.2, 0.25) is 0 Å². The van der Waals surface area contributed by atoms with Gasteiger partial charge in [-0.25, -0.2) is 0 Å². The number of carbonyl (C=O) groups is 2. The molecule has 4 aliphatic carbocycles. The first-order valence-electron chi connectivity index (χ1n) is 10.7. The van der Waals surface area contributed by atoms with Crippen LogP contribution in [0.2, 0.25) is 0 Å². The molecule has 0 saturated heterocycles. The van der Waals surface area contributed by atoms with Crippen LogP contribution in [-0.2, 0) is 14.3 Å². The van der Waals surface area contributed by atoms with E-state index in [1.54, 1.807) is 6.92 Å². The van der Waals surface area contributed by atoms with Crippen molar-refractivity contribution in [3.05, 3.63) is 22.8 Å². The molecule has 3 nitrogen and oxygen atoms in total. The average molecular weight is 371 g/mol. The number of hydrogen-bond acceptors (Lipinski definition) is 3. The van der Waals surface area contributed by atoms with E-state index in [1.165, 1.54) is 24.5 Å². The number of ketones is 1. The van der Waals surface area contributed by atoms with Crippen molar-refractivity contribution in [3.63, 3.8) is 0 Å². The zero-order valence-corrected chi connectivity index (χ0v) is 17.6. The Kier molecular flexibility index (Phi) is 4.44. The van der Waals surface area contributed by atoms with Gasteiger partial charge in [-0.05, 0) is 86.5 Å². The van der Waals surface area contributed by atoms with Gasteiger partial charge in [0.15, 0.2) is 5.78 Å². The average Bonchev–Trinajstić information content (AvgIpc) is 2.85. The third-order valence-electron chi connectivity index (χ3n) is 8.66. The predicted molar refractivity (Wildman–Crippen MR) is 106 cm³/mol. The molecule has 0 aliphatic heterocycles. The molecule has 148 valence electrons. The molecule has 0 aromatic carbocycles. The normalized spacial score (nSPS) is 43.4. The maximum absolute atomic E-state index is 12.4. The lowest BCUT2D eigenvalue weighted by Crippen LogP contribution is -2.50. The molecule has 3 heteroatoms. The molecule has 0 spiro atoms. The molecule has 0 bridgehead atoms. The summed E-state index contributed by atoms with van der Waals surface area (Å²) in [6.07, 6.45) is 10.1. The van der Waals surface area contributed by atoms with E-state index in [1.807, 2.05) is 0 Å². The number of rotatable bonds is 2. The minimum Gasteiger partial charge on any atom is -0.462 e. The molecular weight excluding hydrogens is 336 g/mol. The molecule has 0 N–H and O–H groups in total. The molecule has 0 amide bonds. The van der Waals surface area contributed by atoms with E-state index in [2.05, 4.69) is 26.8 Å². The summed E-state index contributed by atoms with van der Waals surface area (Å²) in [7, 11) is 0. The van der Waals surface area contributed by atoms with Crippen molar-refractivity contribution in [2.75, 3.05) is 0 Å². The second kappa shape index (κ2) is 6.32. The summed E-state index contributed by atoms with van der Waals surface area (Å²) in [6.45, 7) is 10.3. The number of hydrogen-bond donors (Lipinski definition) is 0. The summed E-state index contributed by atoms with van der Waals surface area (Å²) in [5, 5.41) is 0. The van der Waals surface area contributed by atoms with E-state index < -0.39 is 0 Å². The van der Waals surface area contributed by atoms with Crippen molar-refractivity contribution in [2.24, 2.45) is 28.6 Å². The van der Waals surface area contributed by atoms with E-state index in [4.69, 9.17) is 4.74 Å². The first-order valence-corrected chi connectivity index (χ1v) is 10.7. The number of ether oxygens (including phenoxy) is 1. The van der Waals surface area contributed by atoms with Crippen LogP contribution in [0, 0.1) is 28.6 Å². The van der Waals surface area contributed by atoms with Crippen molar-refractivity contribution in [1.82, 2.24) is 0 Å². The van der Waals surface area contributed by atoms with Crippen LogP contribution < -0.4 is 0 Å². The SMILES string of the molecule is CC(=O)O[C@H]1CC[C@@]2(C)C(=CCC3C4CC(C)=C(C(C)=O)C4(C)CCC32)C1. The topological polar surface area (TPSA) is 43.4 Å². The van der Waals surface area contributed by atoms with Gasteiger partial charge in [0.25, 0.3) is 0 Å². The van der Waals surface area contributed by atoms with Crippen molar-refractivity contribution in [1.29, 1.82) is 0 Å². The monoisotopic (exact) mass is 370 g/mol. The molecule has 4 aliphatic rings. The smallest absolute Gasteiger partial charge is 0.302 e. The van der Waals surface area contributed by atoms with Gasteiger partial charge in [-0.3, -0.25) is 9.59 Å². The zero-order chi connectivity index (χ0) is 19.6. The zero-order valence-electron chi connectivity index (χ0n) is 17.6. The van der Waals surface area contributed by atoms with Crippen LogP contribution in [-0.4, -0.2) is 17.9 Å². The van der Waals surface area contributed by atoms with E-state index in [9.17, 15) is 9.59 Å². The summed E-state index contributed by atoms with van der Waals surface area (Å²) in [6, 6.07) is 0. The van der Waals surface area contributed by atoms with Crippen LogP contribution >= 0.6 is 0 Å². The predicted octanol–water partition coefficient (Wildman–Crippen LogP) is 5.40. The highest BCUT2D eigenvalue weighted by Gasteiger charge is 2.58. The van der Waals surface area contributed by atoms with Crippen LogP contribution in [0.5, 0.6) is 0 Å². The number of allylic oxidation sites excluding steroid dienone is 3. The van der Waals surface area contributed by atoms with E-state index in [0.717, 1.165) is 44.1 Å². The van der Waals surface area contributed by atoms with E-state index in [0.29, 0.717) is 17.8 Å². The Bertz CT molecular complexity index is 745. The number of esters is 1. The van der Waals surface area contributed by atoms with Crippen molar-refractivity contribution in [3.8, 4) is 0 Å². The van der Waals surface area contributed by atoms with Crippen LogP contribution in [0.4, 0.5) is 0 Å². The van der Waals surface area contributed by atoms with Gasteiger partial charge in [-0.2, -0.15) is 0 Å². The fraction of sp³-hybridized carbons (Fsp3) is 0.750. The lowest BCUT2D eigenvalue weighted by molar-refractivity contribution is -0.148. The van der Waals surface area contributed by atoms with Crippen LogP contribution in [0.1, 0.15) is 79.6 Å². The van der Waals surface area contributed by atoms with Crippen molar-refractivity contribution >= 4 is 11.8 Å². The molecule has 2 fully saturated rings. The summed E-state index contributed by atoms with van der Waals surface area (Å²) in [5.74, 6) is 2.12.